The standard InChI is InChI=1S/C31H30N4O5S/c1-7-40-30(37)27-20(5)32-31-34(28(27)22-10-8-17(2)9-11-22)29(36)26(41-31)16-23-15-19(4)33(21(23)6)25-13-12-24(35(38)39)14-18(25)3/h8-16,28H,7H2,1-6H3/b26-16+/t28-/m1/s1. The average Bonchev–Trinajstić information content (AvgIpc) is 3.37. The van der Waals surface area contributed by atoms with Gasteiger partial charge in [-0.1, -0.05) is 41.2 Å². The Balaban J connectivity index is 1.67. The Morgan fingerprint density at radius 1 is 1.10 bits per heavy atom. The maximum atomic E-state index is 14.0. The Morgan fingerprint density at radius 2 is 1.80 bits per heavy atom. The second kappa shape index (κ2) is 10.8. The highest BCUT2D eigenvalue weighted by molar-refractivity contribution is 7.07. The second-order valence-electron chi connectivity index (χ2n) is 10.1. The lowest BCUT2D eigenvalue weighted by Gasteiger charge is -2.24. The number of esters is 1. The largest absolute Gasteiger partial charge is 0.463 e. The van der Waals surface area contributed by atoms with Crippen LogP contribution in [0.5, 0.6) is 0 Å². The number of benzene rings is 2. The number of thiazole rings is 1. The Bertz CT molecular complexity index is 1930. The Morgan fingerprint density at radius 3 is 2.44 bits per heavy atom. The van der Waals surface area contributed by atoms with E-state index in [-0.39, 0.29) is 17.9 Å². The molecule has 2 aromatic heterocycles. The van der Waals surface area contributed by atoms with Crippen LogP contribution in [0.3, 0.4) is 0 Å². The molecule has 4 aromatic rings. The molecule has 210 valence electrons. The van der Waals surface area contributed by atoms with Crippen molar-refractivity contribution in [2.75, 3.05) is 6.61 Å². The topological polar surface area (TPSA) is 109 Å². The van der Waals surface area contributed by atoms with Crippen LogP contribution >= 0.6 is 11.3 Å². The van der Waals surface area contributed by atoms with Gasteiger partial charge in [-0.05, 0) is 76.4 Å². The summed E-state index contributed by atoms with van der Waals surface area (Å²) in [7, 11) is 0. The van der Waals surface area contributed by atoms with Crippen LogP contribution in [0.15, 0.2) is 69.6 Å². The molecule has 1 aliphatic rings. The van der Waals surface area contributed by atoms with Crippen LogP contribution in [-0.2, 0) is 9.53 Å². The lowest BCUT2D eigenvalue weighted by Crippen LogP contribution is -2.39. The average molecular weight is 571 g/mol. The van der Waals surface area contributed by atoms with Crippen molar-refractivity contribution < 1.29 is 14.5 Å². The molecule has 0 bridgehead atoms. The van der Waals surface area contributed by atoms with E-state index < -0.39 is 16.9 Å². The summed E-state index contributed by atoms with van der Waals surface area (Å²) in [6.45, 7) is 11.5. The first kappa shape index (κ1) is 28.0. The summed E-state index contributed by atoms with van der Waals surface area (Å²) in [6.07, 6.45) is 1.85. The summed E-state index contributed by atoms with van der Waals surface area (Å²) >= 11 is 1.27. The van der Waals surface area contributed by atoms with Crippen LogP contribution < -0.4 is 14.9 Å². The van der Waals surface area contributed by atoms with E-state index in [0.29, 0.717) is 20.6 Å². The Labute approximate surface area is 240 Å². The van der Waals surface area contributed by atoms with Gasteiger partial charge in [0.15, 0.2) is 4.80 Å². The first-order valence-corrected chi connectivity index (χ1v) is 14.0. The zero-order valence-corrected chi connectivity index (χ0v) is 24.5. The van der Waals surface area contributed by atoms with E-state index in [2.05, 4.69) is 4.99 Å². The van der Waals surface area contributed by atoms with Gasteiger partial charge >= 0.3 is 5.97 Å². The smallest absolute Gasteiger partial charge is 0.338 e. The van der Waals surface area contributed by atoms with Gasteiger partial charge in [0, 0.05) is 29.2 Å². The number of fused-ring (bicyclic) bond motifs is 1. The van der Waals surface area contributed by atoms with Crippen molar-refractivity contribution in [3.05, 3.63) is 123 Å². The van der Waals surface area contributed by atoms with Gasteiger partial charge in [0.05, 0.1) is 33.4 Å². The maximum absolute atomic E-state index is 14.0. The number of ether oxygens (including phenoxy) is 1. The first-order chi connectivity index (χ1) is 19.5. The highest BCUT2D eigenvalue weighted by Crippen LogP contribution is 2.31. The number of nitro benzene ring substituents is 1. The van der Waals surface area contributed by atoms with Crippen LogP contribution in [0.1, 0.15) is 53.5 Å². The van der Waals surface area contributed by atoms with Crippen LogP contribution in [-0.4, -0.2) is 26.6 Å². The van der Waals surface area contributed by atoms with Crippen molar-refractivity contribution in [1.29, 1.82) is 0 Å². The van der Waals surface area contributed by atoms with E-state index in [1.54, 1.807) is 30.5 Å². The van der Waals surface area contributed by atoms with E-state index in [1.165, 1.54) is 17.4 Å². The number of non-ortho nitro benzene ring substituents is 1. The Kier molecular flexibility index (Phi) is 7.35. The first-order valence-electron chi connectivity index (χ1n) is 13.2. The van der Waals surface area contributed by atoms with Gasteiger partial charge in [0.1, 0.15) is 0 Å². The summed E-state index contributed by atoms with van der Waals surface area (Å²) in [5, 5.41) is 11.2. The molecule has 0 aliphatic carbocycles. The fourth-order valence-electron chi connectivity index (χ4n) is 5.31. The zero-order chi connectivity index (χ0) is 29.6. The van der Waals surface area contributed by atoms with Crippen LogP contribution in [0.4, 0.5) is 5.69 Å². The van der Waals surface area contributed by atoms with E-state index >= 15 is 0 Å². The van der Waals surface area contributed by atoms with Gasteiger partial charge in [0.2, 0.25) is 0 Å². The number of rotatable bonds is 6. The molecule has 1 aliphatic heterocycles. The quantitative estimate of drug-likeness (QED) is 0.189. The molecule has 0 radical (unpaired) electrons. The fraction of sp³-hybridized carbons (Fsp3) is 0.258. The minimum absolute atomic E-state index is 0.0376. The van der Waals surface area contributed by atoms with Gasteiger partial charge in [-0.3, -0.25) is 19.5 Å². The normalized spacial score (nSPS) is 15.1. The molecule has 9 nitrogen and oxygen atoms in total. The van der Waals surface area contributed by atoms with Crippen LogP contribution in [0.2, 0.25) is 0 Å². The summed E-state index contributed by atoms with van der Waals surface area (Å²) in [4.78, 5) is 43.0. The molecule has 0 N–H and O–H groups in total. The maximum Gasteiger partial charge on any atom is 0.338 e. The number of hydrogen-bond acceptors (Lipinski definition) is 7. The van der Waals surface area contributed by atoms with Crippen molar-refractivity contribution in [2.45, 2.75) is 47.6 Å². The number of aryl methyl sites for hydroxylation is 3. The highest BCUT2D eigenvalue weighted by atomic mass is 32.1. The molecule has 1 atom stereocenters. The van der Waals surface area contributed by atoms with Gasteiger partial charge in [-0.25, -0.2) is 9.79 Å². The number of aromatic nitrogens is 2. The van der Waals surface area contributed by atoms with Crippen molar-refractivity contribution >= 4 is 29.1 Å². The minimum atomic E-state index is -0.664. The fourth-order valence-corrected chi connectivity index (χ4v) is 6.34. The van der Waals surface area contributed by atoms with Gasteiger partial charge < -0.3 is 9.30 Å². The molecule has 0 saturated heterocycles. The lowest BCUT2D eigenvalue weighted by molar-refractivity contribution is -0.384. The molecule has 5 rings (SSSR count). The number of carbonyl (C=O) groups is 1. The number of hydrogen-bond donors (Lipinski definition) is 0. The van der Waals surface area contributed by atoms with E-state index in [1.807, 2.05) is 68.7 Å². The summed E-state index contributed by atoms with van der Waals surface area (Å²) < 4.78 is 9.47. The van der Waals surface area contributed by atoms with Crippen molar-refractivity contribution in [2.24, 2.45) is 4.99 Å². The molecule has 3 heterocycles. The van der Waals surface area contributed by atoms with Crippen LogP contribution in [0, 0.1) is 37.8 Å². The van der Waals surface area contributed by atoms with Gasteiger partial charge in [-0.2, -0.15) is 0 Å². The zero-order valence-electron chi connectivity index (χ0n) is 23.7. The van der Waals surface area contributed by atoms with E-state index in [0.717, 1.165) is 39.3 Å². The van der Waals surface area contributed by atoms with Crippen molar-refractivity contribution in [3.8, 4) is 5.69 Å². The van der Waals surface area contributed by atoms with Crippen molar-refractivity contribution in [3.63, 3.8) is 0 Å². The molecular weight excluding hydrogens is 540 g/mol. The highest BCUT2D eigenvalue weighted by Gasteiger charge is 2.33. The molecule has 2 aromatic carbocycles. The third-order valence-electron chi connectivity index (χ3n) is 7.30. The summed E-state index contributed by atoms with van der Waals surface area (Å²) in [6, 6.07) is 13.9. The third-order valence-corrected chi connectivity index (χ3v) is 8.28. The molecule has 0 fully saturated rings. The predicted molar refractivity (Wildman–Crippen MR) is 158 cm³/mol. The molecule has 0 amide bonds. The molecule has 0 saturated carbocycles. The SMILES string of the molecule is CCOC(=O)C1=C(C)N=c2s/c(=C/c3cc(C)n(-c4ccc([N+](=O)[O-])cc4C)c3C)c(=O)n2[C@@H]1c1ccc(C)cc1. The molecule has 0 unspecified atom stereocenters. The second-order valence-corrected chi connectivity index (χ2v) is 11.1. The number of allylic oxidation sites excluding steroid dienone is 1. The summed E-state index contributed by atoms with van der Waals surface area (Å²) in [5.41, 5.74) is 6.80. The third kappa shape index (κ3) is 4.95. The number of nitro groups is 1. The lowest BCUT2D eigenvalue weighted by atomic mass is 9.95. The molecule has 10 heteroatoms. The monoisotopic (exact) mass is 570 g/mol. The van der Waals surface area contributed by atoms with E-state index in [9.17, 15) is 19.7 Å². The molecular formula is C31H30N4O5S. The minimum Gasteiger partial charge on any atom is -0.463 e. The van der Waals surface area contributed by atoms with Crippen molar-refractivity contribution in [1.82, 2.24) is 9.13 Å². The number of nitrogens with zero attached hydrogens (tertiary/aromatic N) is 4. The Hall–Kier alpha value is -4.57. The van der Waals surface area contributed by atoms with Crippen LogP contribution in [0.25, 0.3) is 11.8 Å². The van der Waals surface area contributed by atoms with Gasteiger partial charge in [-0.15, -0.1) is 0 Å². The predicted octanol–water partition coefficient (Wildman–Crippen LogP) is 4.73. The molecule has 41 heavy (non-hydrogen) atoms. The summed E-state index contributed by atoms with van der Waals surface area (Å²) in [5.74, 6) is -0.490. The van der Waals surface area contributed by atoms with E-state index in [4.69, 9.17) is 4.74 Å². The number of carbonyl (C=O) groups excluding carboxylic acids is 1. The van der Waals surface area contributed by atoms with Gasteiger partial charge in [0.25, 0.3) is 11.2 Å². The molecule has 0 spiro atoms.